The molecule has 1 aromatic rings. The van der Waals surface area contributed by atoms with Gasteiger partial charge in [-0.25, -0.2) is 0 Å². The summed E-state index contributed by atoms with van der Waals surface area (Å²) in [6.07, 6.45) is 0. The van der Waals surface area contributed by atoms with Gasteiger partial charge in [-0.05, 0) is 40.0 Å². The number of hydrogen-bond donors (Lipinski definition) is 0. The van der Waals surface area contributed by atoms with Crippen LogP contribution < -0.4 is 4.74 Å². The van der Waals surface area contributed by atoms with E-state index < -0.39 is 0 Å². The molecular formula is C9H10Br2O. The Labute approximate surface area is 89.4 Å². The fourth-order valence-electron chi connectivity index (χ4n) is 1.09. The summed E-state index contributed by atoms with van der Waals surface area (Å²) in [4.78, 5) is 0. The van der Waals surface area contributed by atoms with E-state index in [-0.39, 0.29) is 0 Å². The molecule has 0 unspecified atom stereocenters. The molecule has 1 aromatic carbocycles. The molecule has 3 heteroatoms. The van der Waals surface area contributed by atoms with Crippen LogP contribution in [0.2, 0.25) is 0 Å². The van der Waals surface area contributed by atoms with Gasteiger partial charge >= 0.3 is 0 Å². The predicted molar refractivity (Wildman–Crippen MR) is 58.1 cm³/mol. The van der Waals surface area contributed by atoms with E-state index in [1.807, 2.05) is 6.07 Å². The number of methoxy groups -OCH3 is 1. The van der Waals surface area contributed by atoms with Gasteiger partial charge in [0.1, 0.15) is 5.75 Å². The van der Waals surface area contributed by atoms with Crippen LogP contribution in [-0.2, 0) is 5.33 Å². The van der Waals surface area contributed by atoms with Crippen LogP contribution >= 0.6 is 31.9 Å². The minimum atomic E-state index is 0.864. The molecule has 1 nitrogen and oxygen atoms in total. The fourth-order valence-corrected chi connectivity index (χ4v) is 2.29. The standard InChI is InChI=1S/C9H10Br2O/c1-6-7(5-10)3-4-8(11)9(6)12-2/h3-4H,5H2,1-2H3. The Bertz CT molecular complexity index is 284. The Morgan fingerprint density at radius 2 is 2.08 bits per heavy atom. The van der Waals surface area contributed by atoms with Crippen molar-refractivity contribution in [3.8, 4) is 5.75 Å². The highest BCUT2D eigenvalue weighted by atomic mass is 79.9. The first-order chi connectivity index (χ1) is 5.70. The summed E-state index contributed by atoms with van der Waals surface area (Å²) in [5.74, 6) is 0.923. The van der Waals surface area contributed by atoms with Gasteiger partial charge in [0.05, 0.1) is 11.6 Å². The van der Waals surface area contributed by atoms with Gasteiger partial charge < -0.3 is 4.74 Å². The normalized spacial score (nSPS) is 10.0. The zero-order valence-electron chi connectivity index (χ0n) is 7.03. The lowest BCUT2D eigenvalue weighted by Gasteiger charge is -2.09. The number of benzene rings is 1. The third-order valence-electron chi connectivity index (χ3n) is 1.82. The maximum atomic E-state index is 5.25. The lowest BCUT2D eigenvalue weighted by atomic mass is 10.1. The van der Waals surface area contributed by atoms with E-state index in [1.54, 1.807) is 7.11 Å². The van der Waals surface area contributed by atoms with Gasteiger partial charge in [0.25, 0.3) is 0 Å². The summed E-state index contributed by atoms with van der Waals surface area (Å²) >= 11 is 6.86. The maximum absolute atomic E-state index is 5.25. The average molecular weight is 294 g/mol. The Hall–Kier alpha value is -0.0200. The molecular weight excluding hydrogens is 284 g/mol. The van der Waals surface area contributed by atoms with Crippen molar-refractivity contribution in [1.82, 2.24) is 0 Å². The summed E-state index contributed by atoms with van der Waals surface area (Å²) in [6, 6.07) is 4.08. The zero-order valence-corrected chi connectivity index (χ0v) is 10.2. The van der Waals surface area contributed by atoms with Crippen molar-refractivity contribution in [2.45, 2.75) is 12.3 Å². The molecule has 0 bridgehead atoms. The van der Waals surface area contributed by atoms with Gasteiger partial charge in [-0.15, -0.1) is 0 Å². The summed E-state index contributed by atoms with van der Waals surface area (Å²) in [5.41, 5.74) is 2.44. The highest BCUT2D eigenvalue weighted by Gasteiger charge is 2.06. The third kappa shape index (κ3) is 1.83. The quantitative estimate of drug-likeness (QED) is 0.756. The van der Waals surface area contributed by atoms with E-state index in [4.69, 9.17) is 4.74 Å². The maximum Gasteiger partial charge on any atom is 0.136 e. The molecule has 0 fully saturated rings. The Kier molecular flexibility index (Phi) is 3.59. The van der Waals surface area contributed by atoms with Gasteiger partial charge in [-0.2, -0.15) is 0 Å². The van der Waals surface area contributed by atoms with Crippen LogP contribution in [0.5, 0.6) is 5.75 Å². The largest absolute Gasteiger partial charge is 0.495 e. The minimum Gasteiger partial charge on any atom is -0.495 e. The van der Waals surface area contributed by atoms with Crippen LogP contribution in [0.3, 0.4) is 0 Å². The fraction of sp³-hybridized carbons (Fsp3) is 0.333. The lowest BCUT2D eigenvalue weighted by molar-refractivity contribution is 0.408. The van der Waals surface area contributed by atoms with E-state index in [2.05, 4.69) is 44.8 Å². The van der Waals surface area contributed by atoms with Crippen LogP contribution in [0.1, 0.15) is 11.1 Å². The Morgan fingerprint density at radius 1 is 1.42 bits per heavy atom. The molecule has 1 rings (SSSR count). The van der Waals surface area contributed by atoms with E-state index in [9.17, 15) is 0 Å². The van der Waals surface area contributed by atoms with Gasteiger partial charge in [0, 0.05) is 5.33 Å². The summed E-state index contributed by atoms with van der Waals surface area (Å²) in [7, 11) is 1.69. The van der Waals surface area contributed by atoms with Gasteiger partial charge in [-0.1, -0.05) is 22.0 Å². The Balaban J connectivity index is 3.24. The summed E-state index contributed by atoms with van der Waals surface area (Å²) < 4.78 is 6.26. The SMILES string of the molecule is COc1c(Br)ccc(CBr)c1C. The highest BCUT2D eigenvalue weighted by molar-refractivity contribution is 9.10. The molecule has 0 aliphatic heterocycles. The van der Waals surface area contributed by atoms with Crippen LogP contribution in [0.15, 0.2) is 16.6 Å². The van der Waals surface area contributed by atoms with Gasteiger partial charge in [-0.3, -0.25) is 0 Å². The second-order valence-electron chi connectivity index (χ2n) is 2.50. The van der Waals surface area contributed by atoms with E-state index in [0.717, 1.165) is 15.6 Å². The van der Waals surface area contributed by atoms with Crippen molar-refractivity contribution in [1.29, 1.82) is 0 Å². The van der Waals surface area contributed by atoms with Gasteiger partial charge in [0.2, 0.25) is 0 Å². The zero-order chi connectivity index (χ0) is 9.14. The second kappa shape index (κ2) is 4.28. The van der Waals surface area contributed by atoms with Crippen molar-refractivity contribution >= 4 is 31.9 Å². The molecule has 0 aliphatic carbocycles. The van der Waals surface area contributed by atoms with Crippen molar-refractivity contribution in [2.24, 2.45) is 0 Å². The number of ether oxygens (including phenoxy) is 1. The van der Waals surface area contributed by atoms with E-state index in [1.165, 1.54) is 11.1 Å². The highest BCUT2D eigenvalue weighted by Crippen LogP contribution is 2.31. The van der Waals surface area contributed by atoms with Crippen molar-refractivity contribution in [2.75, 3.05) is 7.11 Å². The first-order valence-electron chi connectivity index (χ1n) is 3.58. The molecule has 0 radical (unpaired) electrons. The number of halogens is 2. The Morgan fingerprint density at radius 3 is 2.58 bits per heavy atom. The molecule has 0 atom stereocenters. The van der Waals surface area contributed by atoms with Crippen LogP contribution in [0, 0.1) is 6.92 Å². The molecule has 12 heavy (non-hydrogen) atoms. The molecule has 0 amide bonds. The molecule has 0 saturated heterocycles. The topological polar surface area (TPSA) is 9.23 Å². The molecule has 0 heterocycles. The van der Waals surface area contributed by atoms with Crippen LogP contribution in [0.4, 0.5) is 0 Å². The van der Waals surface area contributed by atoms with Gasteiger partial charge in [0.15, 0.2) is 0 Å². The third-order valence-corrected chi connectivity index (χ3v) is 3.05. The monoisotopic (exact) mass is 292 g/mol. The smallest absolute Gasteiger partial charge is 0.136 e. The second-order valence-corrected chi connectivity index (χ2v) is 3.91. The summed E-state index contributed by atoms with van der Waals surface area (Å²) in [5, 5.41) is 0.864. The molecule has 0 N–H and O–H groups in total. The first kappa shape index (κ1) is 10.1. The average Bonchev–Trinajstić information content (AvgIpc) is 2.06. The molecule has 66 valence electrons. The molecule has 0 saturated carbocycles. The molecule has 0 aromatic heterocycles. The van der Waals surface area contributed by atoms with Crippen molar-refractivity contribution in [3.63, 3.8) is 0 Å². The number of alkyl halides is 1. The number of rotatable bonds is 2. The molecule has 0 spiro atoms. The van der Waals surface area contributed by atoms with Crippen molar-refractivity contribution < 1.29 is 4.74 Å². The van der Waals surface area contributed by atoms with Crippen LogP contribution in [0.25, 0.3) is 0 Å². The molecule has 0 aliphatic rings. The summed E-state index contributed by atoms with van der Waals surface area (Å²) in [6.45, 7) is 2.06. The first-order valence-corrected chi connectivity index (χ1v) is 5.50. The lowest BCUT2D eigenvalue weighted by Crippen LogP contribution is -1.92. The van der Waals surface area contributed by atoms with Crippen LogP contribution in [-0.4, -0.2) is 7.11 Å². The number of hydrogen-bond acceptors (Lipinski definition) is 1. The predicted octanol–water partition coefficient (Wildman–Crippen LogP) is 3.66. The van der Waals surface area contributed by atoms with E-state index >= 15 is 0 Å². The minimum absolute atomic E-state index is 0.864. The van der Waals surface area contributed by atoms with E-state index in [0.29, 0.717) is 0 Å². The van der Waals surface area contributed by atoms with Crippen molar-refractivity contribution in [3.05, 3.63) is 27.7 Å².